The van der Waals surface area contributed by atoms with Crippen LogP contribution in [0.4, 0.5) is 0 Å². The summed E-state index contributed by atoms with van der Waals surface area (Å²) in [7, 11) is 2.03. The van der Waals surface area contributed by atoms with Crippen molar-refractivity contribution in [2.45, 2.75) is 26.8 Å². The van der Waals surface area contributed by atoms with Crippen LogP contribution in [0.2, 0.25) is 0 Å². The molecule has 0 radical (unpaired) electrons. The summed E-state index contributed by atoms with van der Waals surface area (Å²) in [6, 6.07) is 8.16. The molecule has 108 valence electrons. The highest BCUT2D eigenvalue weighted by Crippen LogP contribution is 2.27. The van der Waals surface area contributed by atoms with E-state index in [0.29, 0.717) is 6.54 Å². The Morgan fingerprint density at radius 3 is 2.76 bits per heavy atom. The monoisotopic (exact) mass is 281 g/mol. The molecule has 21 heavy (non-hydrogen) atoms. The van der Waals surface area contributed by atoms with Crippen LogP contribution >= 0.6 is 0 Å². The molecule has 5 heteroatoms. The van der Waals surface area contributed by atoms with E-state index in [1.165, 1.54) is 0 Å². The van der Waals surface area contributed by atoms with Crippen molar-refractivity contribution in [3.05, 3.63) is 41.2 Å². The molecule has 0 saturated heterocycles. The van der Waals surface area contributed by atoms with Crippen LogP contribution in [0.5, 0.6) is 0 Å². The molecule has 0 fully saturated rings. The zero-order valence-corrected chi connectivity index (χ0v) is 12.6. The number of imidazole rings is 1. The van der Waals surface area contributed by atoms with E-state index in [4.69, 9.17) is 10.7 Å². The molecule has 0 aliphatic rings. The Hall–Kier alpha value is -2.27. The van der Waals surface area contributed by atoms with Crippen molar-refractivity contribution in [3.63, 3.8) is 0 Å². The van der Waals surface area contributed by atoms with Crippen molar-refractivity contribution < 1.29 is 0 Å². The third-order valence-corrected chi connectivity index (χ3v) is 3.78. The van der Waals surface area contributed by atoms with Crippen LogP contribution in [0.3, 0.4) is 0 Å². The summed E-state index contributed by atoms with van der Waals surface area (Å²) in [5.74, 6) is 0.917. The summed E-state index contributed by atoms with van der Waals surface area (Å²) in [5.41, 5.74) is 11.8. The number of aryl methyl sites for hydroxylation is 3. The highest BCUT2D eigenvalue weighted by atomic mass is 15.1. The van der Waals surface area contributed by atoms with Crippen LogP contribution in [0.1, 0.15) is 23.9 Å². The van der Waals surface area contributed by atoms with Crippen molar-refractivity contribution in [1.29, 1.82) is 0 Å². The predicted molar refractivity (Wildman–Crippen MR) is 83.7 cm³/mol. The van der Waals surface area contributed by atoms with Gasteiger partial charge in [-0.25, -0.2) is 4.98 Å². The fourth-order valence-corrected chi connectivity index (χ4v) is 2.65. The number of nitrogens with zero attached hydrogens (tertiary/aromatic N) is 4. The number of nitrogens with two attached hydrogens (primary N) is 1. The van der Waals surface area contributed by atoms with Gasteiger partial charge in [0.25, 0.3) is 0 Å². The van der Waals surface area contributed by atoms with Gasteiger partial charge in [-0.1, -0.05) is 19.1 Å². The first kappa shape index (κ1) is 13.7. The first-order valence-electron chi connectivity index (χ1n) is 7.13. The number of hydrogen-bond donors (Lipinski definition) is 1. The second-order valence-electron chi connectivity index (χ2n) is 5.18. The van der Waals surface area contributed by atoms with E-state index < -0.39 is 0 Å². The first-order chi connectivity index (χ1) is 10.2. The summed E-state index contributed by atoms with van der Waals surface area (Å²) in [4.78, 5) is 4.82. The molecule has 0 bridgehead atoms. The Morgan fingerprint density at radius 1 is 1.24 bits per heavy atom. The van der Waals surface area contributed by atoms with E-state index in [9.17, 15) is 0 Å². The Morgan fingerprint density at radius 2 is 2.05 bits per heavy atom. The van der Waals surface area contributed by atoms with Gasteiger partial charge in [-0.2, -0.15) is 10.2 Å². The Kier molecular flexibility index (Phi) is 3.43. The third kappa shape index (κ3) is 2.19. The normalized spacial score (nSPS) is 11.2. The summed E-state index contributed by atoms with van der Waals surface area (Å²) in [6.45, 7) is 4.52. The molecule has 0 spiro atoms. The van der Waals surface area contributed by atoms with E-state index in [0.717, 1.165) is 45.8 Å². The quantitative estimate of drug-likeness (QED) is 0.800. The lowest BCUT2D eigenvalue weighted by Crippen LogP contribution is -2.01. The fourth-order valence-electron chi connectivity index (χ4n) is 2.65. The van der Waals surface area contributed by atoms with Crippen LogP contribution in [-0.4, -0.2) is 19.7 Å². The Bertz CT molecular complexity index is 804. The average Bonchev–Trinajstić information content (AvgIpc) is 2.84. The lowest BCUT2D eigenvalue weighted by Gasteiger charge is -2.07. The fraction of sp³-hybridized carbons (Fsp3) is 0.312. The molecule has 0 aliphatic carbocycles. The number of aromatic nitrogens is 4. The summed E-state index contributed by atoms with van der Waals surface area (Å²) in [5, 5.41) is 8.45. The summed E-state index contributed by atoms with van der Waals surface area (Å²) in [6.07, 6.45) is 0.829. The van der Waals surface area contributed by atoms with Gasteiger partial charge in [-0.3, -0.25) is 0 Å². The van der Waals surface area contributed by atoms with E-state index in [2.05, 4.69) is 33.8 Å². The lowest BCUT2D eigenvalue weighted by molar-refractivity contribution is 0.880. The van der Waals surface area contributed by atoms with Crippen LogP contribution in [0.15, 0.2) is 24.3 Å². The zero-order chi connectivity index (χ0) is 15.0. The molecule has 5 nitrogen and oxygen atoms in total. The largest absolute Gasteiger partial charge is 0.327 e. The molecule has 3 aromatic rings. The van der Waals surface area contributed by atoms with Gasteiger partial charge in [0.1, 0.15) is 5.82 Å². The molecule has 0 unspecified atom stereocenters. The van der Waals surface area contributed by atoms with Gasteiger partial charge in [0.15, 0.2) is 0 Å². The highest BCUT2D eigenvalue weighted by molar-refractivity contribution is 5.83. The molecular formula is C16H19N5. The molecular weight excluding hydrogens is 262 g/mol. The van der Waals surface area contributed by atoms with Crippen molar-refractivity contribution >= 4 is 11.0 Å². The minimum atomic E-state index is 0.488. The van der Waals surface area contributed by atoms with E-state index in [-0.39, 0.29) is 0 Å². The maximum atomic E-state index is 5.82. The Balaban J connectivity index is 2.31. The molecule has 0 atom stereocenters. The van der Waals surface area contributed by atoms with Crippen LogP contribution in [0, 0.1) is 6.92 Å². The van der Waals surface area contributed by atoms with Gasteiger partial charge < -0.3 is 10.3 Å². The average molecular weight is 281 g/mol. The first-order valence-corrected chi connectivity index (χ1v) is 7.13. The SMILES string of the molecule is CCc1nnc(C)cc1-c1nc2c(CN)cccc2n1C. The smallest absolute Gasteiger partial charge is 0.142 e. The summed E-state index contributed by atoms with van der Waals surface area (Å²) >= 11 is 0. The Labute approximate surface area is 123 Å². The topological polar surface area (TPSA) is 69.6 Å². The van der Waals surface area contributed by atoms with Gasteiger partial charge in [-0.05, 0) is 31.0 Å². The van der Waals surface area contributed by atoms with Crippen LogP contribution in [0.25, 0.3) is 22.4 Å². The van der Waals surface area contributed by atoms with E-state index >= 15 is 0 Å². The van der Waals surface area contributed by atoms with Gasteiger partial charge in [0.2, 0.25) is 0 Å². The van der Waals surface area contributed by atoms with Crippen molar-refractivity contribution in [1.82, 2.24) is 19.7 Å². The van der Waals surface area contributed by atoms with E-state index in [1.54, 1.807) is 0 Å². The maximum Gasteiger partial charge on any atom is 0.142 e. The molecule has 0 amide bonds. The number of hydrogen-bond acceptors (Lipinski definition) is 4. The van der Waals surface area contributed by atoms with E-state index in [1.807, 2.05) is 26.1 Å². The molecule has 3 rings (SSSR count). The zero-order valence-electron chi connectivity index (χ0n) is 12.6. The number of rotatable bonds is 3. The standard InChI is InChI=1S/C16H19N5/c1-4-13-12(8-10(2)19-20-13)16-18-15-11(9-17)6-5-7-14(15)21(16)3/h5-8H,4,9,17H2,1-3H3. The van der Waals surface area contributed by atoms with Crippen molar-refractivity contribution in [3.8, 4) is 11.4 Å². The highest BCUT2D eigenvalue weighted by Gasteiger charge is 2.15. The second-order valence-corrected chi connectivity index (χ2v) is 5.18. The second kappa shape index (κ2) is 5.26. The number of benzene rings is 1. The maximum absolute atomic E-state index is 5.82. The molecule has 1 aromatic carbocycles. The molecule has 2 aromatic heterocycles. The van der Waals surface area contributed by atoms with Gasteiger partial charge in [0, 0.05) is 19.2 Å². The minimum Gasteiger partial charge on any atom is -0.327 e. The van der Waals surface area contributed by atoms with Crippen LogP contribution in [-0.2, 0) is 20.0 Å². The van der Waals surface area contributed by atoms with Crippen molar-refractivity contribution in [2.24, 2.45) is 12.8 Å². The molecule has 2 heterocycles. The van der Waals surface area contributed by atoms with Gasteiger partial charge in [0.05, 0.1) is 22.4 Å². The third-order valence-electron chi connectivity index (χ3n) is 3.78. The number of para-hydroxylation sites is 1. The minimum absolute atomic E-state index is 0.488. The summed E-state index contributed by atoms with van der Waals surface area (Å²) < 4.78 is 2.10. The molecule has 0 aliphatic heterocycles. The van der Waals surface area contributed by atoms with Crippen molar-refractivity contribution in [2.75, 3.05) is 0 Å². The van der Waals surface area contributed by atoms with Crippen LogP contribution < -0.4 is 5.73 Å². The molecule has 2 N–H and O–H groups in total. The molecule has 0 saturated carbocycles. The number of fused-ring (bicyclic) bond motifs is 1. The lowest BCUT2D eigenvalue weighted by atomic mass is 10.1. The van der Waals surface area contributed by atoms with Gasteiger partial charge in [-0.15, -0.1) is 0 Å². The predicted octanol–water partition coefficient (Wildman–Crippen LogP) is 2.36. The van der Waals surface area contributed by atoms with Gasteiger partial charge >= 0.3 is 0 Å².